The summed E-state index contributed by atoms with van der Waals surface area (Å²) in [6.07, 6.45) is -0.903. The average molecular weight is 260 g/mol. The van der Waals surface area contributed by atoms with E-state index in [2.05, 4.69) is 4.74 Å². The quantitative estimate of drug-likeness (QED) is 0.824. The van der Waals surface area contributed by atoms with Crippen LogP contribution in [0.1, 0.15) is 25.0 Å². The van der Waals surface area contributed by atoms with Crippen LogP contribution >= 0.6 is 0 Å². The molecule has 18 heavy (non-hydrogen) atoms. The van der Waals surface area contributed by atoms with Gasteiger partial charge in [0.25, 0.3) is 0 Å². The molecule has 2 N–H and O–H groups in total. The summed E-state index contributed by atoms with van der Waals surface area (Å²) in [6.45, 7) is -1.26. The van der Waals surface area contributed by atoms with Crippen molar-refractivity contribution in [3.8, 4) is 5.75 Å². The first-order valence-electron chi connectivity index (χ1n) is 5.41. The van der Waals surface area contributed by atoms with Crippen LogP contribution in [0.15, 0.2) is 24.3 Å². The average Bonchev–Trinajstić information content (AvgIpc) is 2.29. The van der Waals surface area contributed by atoms with Gasteiger partial charge in [-0.15, -0.1) is 0 Å². The van der Waals surface area contributed by atoms with E-state index >= 15 is 0 Å². The second-order valence-corrected chi connectivity index (χ2v) is 3.75. The van der Waals surface area contributed by atoms with Crippen molar-refractivity contribution >= 4 is 5.97 Å². The Kier molecular flexibility index (Phi) is 5.03. The summed E-state index contributed by atoms with van der Waals surface area (Å²) in [4.78, 5) is 10.9. The summed E-state index contributed by atoms with van der Waals surface area (Å²) < 4.78 is 28.0. The maximum atomic E-state index is 11.9. The van der Waals surface area contributed by atoms with Gasteiger partial charge in [0.15, 0.2) is 0 Å². The molecule has 2 unspecified atom stereocenters. The van der Waals surface area contributed by atoms with Gasteiger partial charge in [0.1, 0.15) is 5.75 Å². The normalized spacial score (nSPS) is 14.3. The van der Waals surface area contributed by atoms with Crippen LogP contribution < -0.4 is 4.74 Å². The number of rotatable bonds is 6. The lowest BCUT2D eigenvalue weighted by molar-refractivity contribution is -0.146. The van der Waals surface area contributed by atoms with Gasteiger partial charge in [0, 0.05) is 0 Å². The zero-order valence-corrected chi connectivity index (χ0v) is 9.72. The summed E-state index contributed by atoms with van der Waals surface area (Å²) in [6, 6.07) is 5.26. The number of carboxylic acids is 1. The number of aliphatic carboxylic acids is 1. The molecule has 1 aromatic rings. The lowest BCUT2D eigenvalue weighted by Gasteiger charge is -2.18. The summed E-state index contributed by atoms with van der Waals surface area (Å²) in [5.41, 5.74) is 0.353. The number of carboxylic acid groups (broad SMARTS) is 1. The Morgan fingerprint density at radius 1 is 1.33 bits per heavy atom. The number of hydrogen-bond donors (Lipinski definition) is 2. The summed E-state index contributed by atoms with van der Waals surface area (Å²) in [7, 11) is 0. The smallest absolute Gasteiger partial charge is 0.387 e. The Morgan fingerprint density at radius 3 is 2.28 bits per heavy atom. The molecule has 6 heteroatoms. The van der Waals surface area contributed by atoms with Gasteiger partial charge in [0.2, 0.25) is 0 Å². The third-order valence-electron chi connectivity index (χ3n) is 2.58. The molecule has 1 aromatic carbocycles. The Hall–Kier alpha value is -1.69. The van der Waals surface area contributed by atoms with E-state index in [0.717, 1.165) is 0 Å². The number of carbonyl (C=O) groups is 1. The molecule has 100 valence electrons. The fraction of sp³-hybridized carbons (Fsp3) is 0.417. The van der Waals surface area contributed by atoms with Crippen LogP contribution in [0, 0.1) is 5.92 Å². The van der Waals surface area contributed by atoms with E-state index < -0.39 is 24.6 Å². The number of hydrogen-bond acceptors (Lipinski definition) is 3. The van der Waals surface area contributed by atoms with Gasteiger partial charge >= 0.3 is 12.6 Å². The van der Waals surface area contributed by atoms with Crippen molar-refractivity contribution in [3.63, 3.8) is 0 Å². The predicted octanol–water partition coefficient (Wildman–Crippen LogP) is 2.43. The largest absolute Gasteiger partial charge is 0.481 e. The van der Waals surface area contributed by atoms with Crippen LogP contribution in [-0.2, 0) is 4.79 Å². The number of alkyl halides is 2. The van der Waals surface area contributed by atoms with E-state index in [1.165, 1.54) is 24.3 Å². The highest BCUT2D eigenvalue weighted by Crippen LogP contribution is 2.26. The number of halogens is 2. The monoisotopic (exact) mass is 260 g/mol. The number of benzene rings is 1. The van der Waals surface area contributed by atoms with Crippen LogP contribution in [0.2, 0.25) is 0 Å². The van der Waals surface area contributed by atoms with Crippen LogP contribution in [0.4, 0.5) is 8.78 Å². The molecule has 0 amide bonds. The van der Waals surface area contributed by atoms with E-state index in [-0.39, 0.29) is 12.2 Å². The molecule has 0 heterocycles. The van der Waals surface area contributed by atoms with Crippen molar-refractivity contribution in [2.45, 2.75) is 26.1 Å². The van der Waals surface area contributed by atoms with Gasteiger partial charge in [-0.25, -0.2) is 0 Å². The standard InChI is InChI=1S/C12H14F2O4/c1-2-9(11(16)17)10(15)7-3-5-8(6-4-7)18-12(13)14/h3-6,9-10,12,15H,2H2,1H3,(H,16,17). The first-order chi connectivity index (χ1) is 8.45. The second kappa shape index (κ2) is 6.30. The summed E-state index contributed by atoms with van der Waals surface area (Å²) in [5, 5.41) is 18.7. The van der Waals surface area contributed by atoms with Crippen LogP contribution in [0.5, 0.6) is 5.75 Å². The van der Waals surface area contributed by atoms with Gasteiger partial charge in [-0.2, -0.15) is 8.78 Å². The Bertz CT molecular complexity index is 392. The Labute approximate surface area is 103 Å². The van der Waals surface area contributed by atoms with Gasteiger partial charge in [0.05, 0.1) is 12.0 Å². The predicted molar refractivity (Wildman–Crippen MR) is 59.5 cm³/mol. The lowest BCUT2D eigenvalue weighted by Crippen LogP contribution is -2.21. The van der Waals surface area contributed by atoms with Gasteiger partial charge in [-0.05, 0) is 24.1 Å². The van der Waals surface area contributed by atoms with Gasteiger partial charge < -0.3 is 14.9 Å². The third-order valence-corrected chi connectivity index (χ3v) is 2.58. The van der Waals surface area contributed by atoms with Crippen LogP contribution in [-0.4, -0.2) is 22.8 Å². The van der Waals surface area contributed by atoms with Crippen molar-refractivity contribution in [1.82, 2.24) is 0 Å². The minimum Gasteiger partial charge on any atom is -0.481 e. The zero-order valence-electron chi connectivity index (χ0n) is 9.72. The second-order valence-electron chi connectivity index (χ2n) is 3.75. The maximum absolute atomic E-state index is 11.9. The van der Waals surface area contributed by atoms with Crippen molar-refractivity contribution < 1.29 is 28.5 Å². The molecule has 1 rings (SSSR count). The highest BCUT2D eigenvalue weighted by molar-refractivity contribution is 5.71. The molecule has 0 saturated carbocycles. The zero-order chi connectivity index (χ0) is 13.7. The minimum absolute atomic E-state index is 0.0377. The number of aliphatic hydroxyl groups excluding tert-OH is 1. The van der Waals surface area contributed by atoms with Gasteiger partial charge in [-0.1, -0.05) is 19.1 Å². The van der Waals surface area contributed by atoms with E-state index in [1.807, 2.05) is 0 Å². The third kappa shape index (κ3) is 3.66. The molecular formula is C12H14F2O4. The number of ether oxygens (including phenoxy) is 1. The van der Waals surface area contributed by atoms with Crippen LogP contribution in [0.25, 0.3) is 0 Å². The molecule has 0 radical (unpaired) electrons. The van der Waals surface area contributed by atoms with Crippen molar-refractivity contribution in [3.05, 3.63) is 29.8 Å². The van der Waals surface area contributed by atoms with Crippen molar-refractivity contribution in [2.24, 2.45) is 5.92 Å². The minimum atomic E-state index is -2.91. The van der Waals surface area contributed by atoms with Crippen molar-refractivity contribution in [2.75, 3.05) is 0 Å². The first-order valence-corrected chi connectivity index (χ1v) is 5.41. The molecule has 0 fully saturated rings. The molecule has 0 saturated heterocycles. The van der Waals surface area contributed by atoms with E-state index in [4.69, 9.17) is 5.11 Å². The fourth-order valence-corrected chi connectivity index (χ4v) is 1.61. The maximum Gasteiger partial charge on any atom is 0.387 e. The molecular weight excluding hydrogens is 246 g/mol. The van der Waals surface area contributed by atoms with E-state index in [9.17, 15) is 18.7 Å². The highest BCUT2D eigenvalue weighted by Gasteiger charge is 2.25. The number of aliphatic hydroxyl groups is 1. The lowest BCUT2D eigenvalue weighted by atomic mass is 9.93. The SMILES string of the molecule is CCC(C(=O)O)C(O)c1ccc(OC(F)F)cc1. The van der Waals surface area contributed by atoms with Crippen molar-refractivity contribution in [1.29, 1.82) is 0 Å². The Morgan fingerprint density at radius 2 is 1.89 bits per heavy atom. The topological polar surface area (TPSA) is 66.8 Å². The molecule has 0 aliphatic rings. The summed E-state index contributed by atoms with van der Waals surface area (Å²) >= 11 is 0. The highest BCUT2D eigenvalue weighted by atomic mass is 19.3. The molecule has 0 bridgehead atoms. The fourth-order valence-electron chi connectivity index (χ4n) is 1.61. The Balaban J connectivity index is 2.80. The molecule has 0 aliphatic heterocycles. The molecule has 2 atom stereocenters. The summed E-state index contributed by atoms with van der Waals surface area (Å²) in [5.74, 6) is -2.06. The van der Waals surface area contributed by atoms with E-state index in [0.29, 0.717) is 5.56 Å². The van der Waals surface area contributed by atoms with Crippen LogP contribution in [0.3, 0.4) is 0 Å². The molecule has 0 spiro atoms. The van der Waals surface area contributed by atoms with E-state index in [1.54, 1.807) is 6.92 Å². The molecule has 4 nitrogen and oxygen atoms in total. The molecule has 0 aliphatic carbocycles. The molecule has 0 aromatic heterocycles. The van der Waals surface area contributed by atoms with Gasteiger partial charge in [-0.3, -0.25) is 4.79 Å². The first kappa shape index (κ1) is 14.4.